The summed E-state index contributed by atoms with van der Waals surface area (Å²) < 4.78 is 10.2. The molecule has 1 rings (SSSR count). The van der Waals surface area contributed by atoms with E-state index in [1.165, 1.54) is 12.7 Å². The van der Waals surface area contributed by atoms with E-state index in [1.807, 2.05) is 31.2 Å². The summed E-state index contributed by atoms with van der Waals surface area (Å²) in [6.45, 7) is 3.36. The van der Waals surface area contributed by atoms with E-state index in [1.54, 1.807) is 0 Å². The SMILES string of the molecule is COCC(=O)NCCNC(=O)CCCOc1ccc(C)cc1. The van der Waals surface area contributed by atoms with Crippen molar-refractivity contribution >= 4 is 11.8 Å². The summed E-state index contributed by atoms with van der Waals surface area (Å²) in [5.41, 5.74) is 1.18. The summed E-state index contributed by atoms with van der Waals surface area (Å²) >= 11 is 0. The highest BCUT2D eigenvalue weighted by molar-refractivity contribution is 5.77. The molecule has 0 saturated carbocycles. The molecule has 22 heavy (non-hydrogen) atoms. The van der Waals surface area contributed by atoms with Gasteiger partial charge in [0.1, 0.15) is 12.4 Å². The summed E-state index contributed by atoms with van der Waals surface area (Å²) in [4.78, 5) is 22.7. The molecule has 122 valence electrons. The van der Waals surface area contributed by atoms with Crippen molar-refractivity contribution in [1.29, 1.82) is 0 Å². The van der Waals surface area contributed by atoms with Gasteiger partial charge in [-0.15, -0.1) is 0 Å². The van der Waals surface area contributed by atoms with Gasteiger partial charge in [0, 0.05) is 26.6 Å². The third kappa shape index (κ3) is 8.26. The van der Waals surface area contributed by atoms with Crippen LogP contribution in [0.2, 0.25) is 0 Å². The zero-order valence-electron chi connectivity index (χ0n) is 13.2. The first-order chi connectivity index (χ1) is 10.6. The van der Waals surface area contributed by atoms with Gasteiger partial charge in [-0.25, -0.2) is 0 Å². The van der Waals surface area contributed by atoms with E-state index >= 15 is 0 Å². The molecular weight excluding hydrogens is 284 g/mol. The van der Waals surface area contributed by atoms with Crippen molar-refractivity contribution in [3.63, 3.8) is 0 Å². The van der Waals surface area contributed by atoms with Crippen molar-refractivity contribution < 1.29 is 19.1 Å². The van der Waals surface area contributed by atoms with E-state index in [9.17, 15) is 9.59 Å². The number of methoxy groups -OCH3 is 1. The van der Waals surface area contributed by atoms with E-state index in [4.69, 9.17) is 4.74 Å². The quantitative estimate of drug-likeness (QED) is 0.633. The van der Waals surface area contributed by atoms with Gasteiger partial charge in [-0.05, 0) is 25.5 Å². The van der Waals surface area contributed by atoms with Crippen molar-refractivity contribution in [3.8, 4) is 5.75 Å². The Morgan fingerprint density at radius 2 is 1.68 bits per heavy atom. The van der Waals surface area contributed by atoms with Crippen LogP contribution in [0.15, 0.2) is 24.3 Å². The van der Waals surface area contributed by atoms with Gasteiger partial charge in [-0.1, -0.05) is 17.7 Å². The average Bonchev–Trinajstić information content (AvgIpc) is 2.50. The zero-order valence-corrected chi connectivity index (χ0v) is 13.2. The first-order valence-corrected chi connectivity index (χ1v) is 7.33. The van der Waals surface area contributed by atoms with E-state index in [0.717, 1.165) is 5.75 Å². The maximum Gasteiger partial charge on any atom is 0.246 e. The van der Waals surface area contributed by atoms with Gasteiger partial charge in [0.25, 0.3) is 0 Å². The molecule has 6 heteroatoms. The van der Waals surface area contributed by atoms with Crippen LogP contribution in [0.1, 0.15) is 18.4 Å². The molecule has 0 aliphatic carbocycles. The molecule has 0 aliphatic rings. The molecule has 0 saturated heterocycles. The third-order valence-electron chi connectivity index (χ3n) is 2.88. The Bertz CT molecular complexity index is 460. The Balaban J connectivity index is 2.01. The molecule has 0 aliphatic heterocycles. The largest absolute Gasteiger partial charge is 0.494 e. The molecule has 2 amide bonds. The van der Waals surface area contributed by atoms with Gasteiger partial charge in [0.15, 0.2) is 0 Å². The average molecular weight is 308 g/mol. The van der Waals surface area contributed by atoms with Crippen LogP contribution in [0, 0.1) is 6.92 Å². The Morgan fingerprint density at radius 1 is 1.05 bits per heavy atom. The van der Waals surface area contributed by atoms with Crippen LogP contribution >= 0.6 is 0 Å². The van der Waals surface area contributed by atoms with E-state index in [2.05, 4.69) is 15.4 Å². The predicted molar refractivity (Wildman–Crippen MR) is 83.8 cm³/mol. The van der Waals surface area contributed by atoms with Crippen LogP contribution < -0.4 is 15.4 Å². The molecule has 0 bridgehead atoms. The lowest BCUT2D eigenvalue weighted by Gasteiger charge is -2.08. The van der Waals surface area contributed by atoms with Crippen molar-refractivity contribution in [2.75, 3.05) is 33.4 Å². The summed E-state index contributed by atoms with van der Waals surface area (Å²) in [6, 6.07) is 7.80. The van der Waals surface area contributed by atoms with E-state index in [-0.39, 0.29) is 18.4 Å². The van der Waals surface area contributed by atoms with Gasteiger partial charge in [0.05, 0.1) is 6.61 Å². The highest BCUT2D eigenvalue weighted by atomic mass is 16.5. The first-order valence-electron chi connectivity index (χ1n) is 7.33. The predicted octanol–water partition coefficient (Wildman–Crippen LogP) is 1.03. The second-order valence-corrected chi connectivity index (χ2v) is 4.90. The molecular formula is C16H24N2O4. The Morgan fingerprint density at radius 3 is 2.32 bits per heavy atom. The molecule has 1 aromatic rings. The Kier molecular flexibility index (Phi) is 8.67. The minimum atomic E-state index is -0.191. The fourth-order valence-corrected chi connectivity index (χ4v) is 1.73. The van der Waals surface area contributed by atoms with Gasteiger partial charge in [-0.2, -0.15) is 0 Å². The van der Waals surface area contributed by atoms with Gasteiger partial charge in [-0.3, -0.25) is 9.59 Å². The molecule has 0 aromatic heterocycles. The molecule has 2 N–H and O–H groups in total. The van der Waals surface area contributed by atoms with Crippen LogP contribution in [0.4, 0.5) is 0 Å². The monoisotopic (exact) mass is 308 g/mol. The summed E-state index contributed by atoms with van der Waals surface area (Å²) in [5, 5.41) is 5.37. The summed E-state index contributed by atoms with van der Waals surface area (Å²) in [6.07, 6.45) is 1.05. The number of carbonyl (C=O) groups excluding carboxylic acids is 2. The third-order valence-corrected chi connectivity index (χ3v) is 2.88. The van der Waals surface area contributed by atoms with Crippen molar-refractivity contribution in [2.45, 2.75) is 19.8 Å². The Hall–Kier alpha value is -2.08. The van der Waals surface area contributed by atoms with Crippen molar-refractivity contribution in [1.82, 2.24) is 10.6 Å². The molecule has 6 nitrogen and oxygen atoms in total. The van der Waals surface area contributed by atoms with Gasteiger partial charge < -0.3 is 20.1 Å². The maximum absolute atomic E-state index is 11.6. The molecule has 0 spiro atoms. The second-order valence-electron chi connectivity index (χ2n) is 4.90. The fraction of sp³-hybridized carbons (Fsp3) is 0.500. The number of hydrogen-bond acceptors (Lipinski definition) is 4. The fourth-order valence-electron chi connectivity index (χ4n) is 1.73. The lowest BCUT2D eigenvalue weighted by molar-refractivity contribution is -0.125. The number of ether oxygens (including phenoxy) is 2. The minimum Gasteiger partial charge on any atom is -0.494 e. The Labute approximate surface area is 131 Å². The van der Waals surface area contributed by atoms with E-state index in [0.29, 0.717) is 32.5 Å². The smallest absolute Gasteiger partial charge is 0.246 e. The summed E-state index contributed by atoms with van der Waals surface area (Å²) in [5.74, 6) is 0.573. The lowest BCUT2D eigenvalue weighted by Crippen LogP contribution is -2.36. The number of hydrogen-bond donors (Lipinski definition) is 2. The van der Waals surface area contributed by atoms with Crippen LogP contribution in [-0.4, -0.2) is 45.2 Å². The number of aryl methyl sites for hydroxylation is 1. The molecule has 0 atom stereocenters. The van der Waals surface area contributed by atoms with Gasteiger partial charge >= 0.3 is 0 Å². The number of nitrogens with one attached hydrogen (secondary N) is 2. The highest BCUT2D eigenvalue weighted by Gasteiger charge is 2.02. The second kappa shape index (κ2) is 10.6. The minimum absolute atomic E-state index is 0.0320. The number of benzene rings is 1. The zero-order chi connectivity index (χ0) is 16.2. The molecule has 0 fully saturated rings. The van der Waals surface area contributed by atoms with Crippen LogP contribution in [0.5, 0.6) is 5.75 Å². The number of carbonyl (C=O) groups is 2. The van der Waals surface area contributed by atoms with Crippen molar-refractivity contribution in [2.24, 2.45) is 0 Å². The van der Waals surface area contributed by atoms with Crippen LogP contribution in [0.25, 0.3) is 0 Å². The normalized spacial score (nSPS) is 10.1. The summed E-state index contributed by atoms with van der Waals surface area (Å²) in [7, 11) is 1.46. The first kappa shape index (κ1) is 18.0. The molecule has 1 aromatic carbocycles. The van der Waals surface area contributed by atoms with Crippen molar-refractivity contribution in [3.05, 3.63) is 29.8 Å². The van der Waals surface area contributed by atoms with E-state index < -0.39 is 0 Å². The molecule has 0 heterocycles. The topological polar surface area (TPSA) is 76.7 Å². The standard InChI is InChI=1S/C16H24N2O4/c1-13-5-7-14(8-6-13)22-11-3-4-15(19)17-9-10-18-16(20)12-21-2/h5-8H,3-4,9-12H2,1-2H3,(H,17,19)(H,18,20). The maximum atomic E-state index is 11.6. The number of rotatable bonds is 10. The van der Waals surface area contributed by atoms with Crippen LogP contribution in [-0.2, 0) is 14.3 Å². The molecule has 0 unspecified atom stereocenters. The lowest BCUT2D eigenvalue weighted by atomic mass is 10.2. The molecule has 0 radical (unpaired) electrons. The van der Waals surface area contributed by atoms with Gasteiger partial charge in [0.2, 0.25) is 11.8 Å². The number of amides is 2. The van der Waals surface area contributed by atoms with Crippen LogP contribution in [0.3, 0.4) is 0 Å². The highest BCUT2D eigenvalue weighted by Crippen LogP contribution is 2.11.